The van der Waals surface area contributed by atoms with Gasteiger partial charge in [-0.05, 0) is 47.4 Å². The number of fused-ring (bicyclic) bond motifs is 1. The first-order valence-corrected chi connectivity index (χ1v) is 12.8. The summed E-state index contributed by atoms with van der Waals surface area (Å²) < 4.78 is 1.12. The van der Waals surface area contributed by atoms with E-state index in [-0.39, 0.29) is 5.91 Å². The van der Waals surface area contributed by atoms with E-state index in [2.05, 4.69) is 44.2 Å². The average molecular weight is 481 g/mol. The fourth-order valence-corrected chi connectivity index (χ4v) is 5.47. The smallest absolute Gasteiger partial charge is 0.229 e. The number of nitrogens with zero attached hydrogens (tertiary/aromatic N) is 2. The molecule has 1 aromatic heterocycles. The summed E-state index contributed by atoms with van der Waals surface area (Å²) in [4.78, 5) is 21.2. The van der Waals surface area contributed by atoms with Crippen molar-refractivity contribution < 1.29 is 4.79 Å². The Balaban J connectivity index is 1.57. The quantitative estimate of drug-likeness (QED) is 0.241. The van der Waals surface area contributed by atoms with Gasteiger partial charge < -0.3 is 0 Å². The summed E-state index contributed by atoms with van der Waals surface area (Å²) in [5.74, 6) is 1.16. The number of para-hydroxylation sites is 1. The maximum absolute atomic E-state index is 13.3. The number of benzene rings is 3. The number of rotatable bonds is 8. The summed E-state index contributed by atoms with van der Waals surface area (Å²) in [5, 5.41) is 1.48. The van der Waals surface area contributed by atoms with Crippen molar-refractivity contribution in [3.05, 3.63) is 88.9 Å². The van der Waals surface area contributed by atoms with E-state index in [0.717, 1.165) is 30.8 Å². The van der Waals surface area contributed by atoms with Crippen LogP contribution in [0.3, 0.4) is 0 Å². The van der Waals surface area contributed by atoms with Crippen LogP contribution < -0.4 is 4.90 Å². The Morgan fingerprint density at radius 1 is 1.03 bits per heavy atom. The Labute approximate surface area is 202 Å². The number of hydrogen-bond donors (Lipinski definition) is 0. The number of thioether (sulfide) groups is 1. The van der Waals surface area contributed by atoms with Crippen LogP contribution in [0.4, 0.5) is 5.13 Å². The summed E-state index contributed by atoms with van der Waals surface area (Å²) in [6, 6.07) is 24.1. The number of aromatic nitrogens is 1. The highest BCUT2D eigenvalue weighted by Crippen LogP contribution is 2.34. The molecule has 0 aliphatic rings. The van der Waals surface area contributed by atoms with Crippen molar-refractivity contribution in [3.8, 4) is 0 Å². The minimum absolute atomic E-state index is 0.0838. The maximum Gasteiger partial charge on any atom is 0.229 e. The Bertz CT molecular complexity index is 1190. The summed E-state index contributed by atoms with van der Waals surface area (Å²) in [7, 11) is 0. The van der Waals surface area contributed by atoms with E-state index in [1.54, 1.807) is 23.1 Å². The van der Waals surface area contributed by atoms with Crippen molar-refractivity contribution >= 4 is 56.0 Å². The van der Waals surface area contributed by atoms with E-state index in [1.165, 1.54) is 5.56 Å². The molecule has 1 heterocycles. The van der Waals surface area contributed by atoms with Crippen molar-refractivity contribution in [1.82, 2.24) is 4.98 Å². The second-order valence-electron chi connectivity index (χ2n) is 7.86. The molecule has 0 unspecified atom stereocenters. The Hall–Kier alpha value is -2.34. The molecular weight excluding hydrogens is 456 g/mol. The number of carbonyl (C=O) groups excluding carboxylic acids is 1. The van der Waals surface area contributed by atoms with E-state index in [1.807, 2.05) is 47.4 Å². The van der Waals surface area contributed by atoms with Gasteiger partial charge in [-0.25, -0.2) is 4.98 Å². The van der Waals surface area contributed by atoms with Gasteiger partial charge in [-0.15, -0.1) is 11.8 Å². The Morgan fingerprint density at radius 3 is 2.50 bits per heavy atom. The van der Waals surface area contributed by atoms with Gasteiger partial charge in [-0.1, -0.05) is 79.2 Å². The van der Waals surface area contributed by atoms with Crippen LogP contribution in [0.1, 0.15) is 37.3 Å². The van der Waals surface area contributed by atoms with Crippen LogP contribution in [0.2, 0.25) is 5.02 Å². The molecule has 164 valence electrons. The highest BCUT2D eigenvalue weighted by molar-refractivity contribution is 7.99. The van der Waals surface area contributed by atoms with E-state index in [9.17, 15) is 4.79 Å². The van der Waals surface area contributed by atoms with E-state index in [0.29, 0.717) is 24.6 Å². The van der Waals surface area contributed by atoms with Crippen molar-refractivity contribution in [3.63, 3.8) is 0 Å². The van der Waals surface area contributed by atoms with Crippen LogP contribution in [0.15, 0.2) is 77.7 Å². The number of thiazole rings is 1. The molecule has 0 atom stereocenters. The highest BCUT2D eigenvalue weighted by Gasteiger charge is 2.21. The number of amides is 1. The molecule has 0 bridgehead atoms. The van der Waals surface area contributed by atoms with Gasteiger partial charge in [0.15, 0.2) is 5.13 Å². The van der Waals surface area contributed by atoms with Gasteiger partial charge in [0.1, 0.15) is 0 Å². The molecule has 0 fully saturated rings. The SMILES string of the molecule is CC(C)c1cccc2sc(N(Cc3ccccc3)C(=O)CCSc3ccc(Cl)cc3)nc12. The van der Waals surface area contributed by atoms with Crippen LogP contribution in [0.25, 0.3) is 10.2 Å². The highest BCUT2D eigenvalue weighted by atomic mass is 35.5. The lowest BCUT2D eigenvalue weighted by Gasteiger charge is -2.20. The summed E-state index contributed by atoms with van der Waals surface area (Å²) in [6.45, 7) is 4.87. The van der Waals surface area contributed by atoms with Gasteiger partial charge in [0.25, 0.3) is 0 Å². The van der Waals surface area contributed by atoms with Crippen LogP contribution in [-0.2, 0) is 11.3 Å². The first-order valence-electron chi connectivity index (χ1n) is 10.6. The van der Waals surface area contributed by atoms with E-state index in [4.69, 9.17) is 16.6 Å². The zero-order chi connectivity index (χ0) is 22.5. The number of anilines is 1. The van der Waals surface area contributed by atoms with Gasteiger partial charge in [0, 0.05) is 22.1 Å². The topological polar surface area (TPSA) is 33.2 Å². The fraction of sp³-hybridized carbons (Fsp3) is 0.231. The van der Waals surface area contributed by atoms with Gasteiger partial charge in [-0.2, -0.15) is 0 Å². The van der Waals surface area contributed by atoms with Crippen molar-refractivity contribution in [2.75, 3.05) is 10.7 Å². The molecular formula is C26H25ClN2OS2. The molecule has 0 aliphatic heterocycles. The lowest BCUT2D eigenvalue weighted by Crippen LogP contribution is -2.30. The van der Waals surface area contributed by atoms with Crippen LogP contribution in [0.5, 0.6) is 0 Å². The average Bonchev–Trinajstić information content (AvgIpc) is 3.23. The third-order valence-corrected chi connectivity index (χ3v) is 7.48. The largest absolute Gasteiger partial charge is 0.284 e. The van der Waals surface area contributed by atoms with E-state index >= 15 is 0 Å². The Morgan fingerprint density at radius 2 is 1.78 bits per heavy atom. The first kappa shape index (κ1) is 22.8. The van der Waals surface area contributed by atoms with Gasteiger partial charge in [0.05, 0.1) is 16.8 Å². The molecule has 0 spiro atoms. The zero-order valence-corrected chi connectivity index (χ0v) is 20.5. The van der Waals surface area contributed by atoms with Crippen molar-refractivity contribution in [2.24, 2.45) is 0 Å². The maximum atomic E-state index is 13.3. The van der Waals surface area contributed by atoms with Crippen LogP contribution in [0, 0.1) is 0 Å². The normalized spacial score (nSPS) is 11.2. The fourth-order valence-electron chi connectivity index (χ4n) is 3.49. The summed E-state index contributed by atoms with van der Waals surface area (Å²) in [5.41, 5.74) is 3.31. The second-order valence-corrected chi connectivity index (χ2v) is 10.5. The standard InChI is InChI=1S/C26H25ClN2OS2/c1-18(2)22-9-6-10-23-25(22)28-26(32-23)29(17-19-7-4-3-5-8-19)24(30)15-16-31-21-13-11-20(27)12-14-21/h3-14,18H,15-17H2,1-2H3. The molecule has 3 nitrogen and oxygen atoms in total. The molecule has 0 aliphatic carbocycles. The molecule has 0 radical (unpaired) electrons. The molecule has 6 heteroatoms. The summed E-state index contributed by atoms with van der Waals surface area (Å²) >= 11 is 9.22. The molecule has 3 aromatic carbocycles. The number of carbonyl (C=O) groups is 1. The number of hydrogen-bond acceptors (Lipinski definition) is 4. The minimum Gasteiger partial charge on any atom is -0.284 e. The van der Waals surface area contributed by atoms with Crippen molar-refractivity contribution in [2.45, 2.75) is 37.6 Å². The summed E-state index contributed by atoms with van der Waals surface area (Å²) in [6.07, 6.45) is 0.438. The molecule has 4 rings (SSSR count). The first-order chi connectivity index (χ1) is 15.5. The van der Waals surface area contributed by atoms with Crippen molar-refractivity contribution in [1.29, 1.82) is 0 Å². The molecule has 32 heavy (non-hydrogen) atoms. The van der Waals surface area contributed by atoms with Gasteiger partial charge in [0.2, 0.25) is 5.91 Å². The molecule has 0 saturated carbocycles. The second kappa shape index (κ2) is 10.5. The molecule has 0 saturated heterocycles. The third-order valence-electron chi connectivity index (χ3n) is 5.17. The molecule has 0 N–H and O–H groups in total. The van der Waals surface area contributed by atoms with Gasteiger partial charge in [-0.3, -0.25) is 9.69 Å². The third kappa shape index (κ3) is 5.52. The predicted octanol–water partition coefficient (Wildman–Crippen LogP) is 7.79. The lowest BCUT2D eigenvalue weighted by atomic mass is 10.0. The number of halogens is 1. The zero-order valence-electron chi connectivity index (χ0n) is 18.1. The Kier molecular flexibility index (Phi) is 7.51. The van der Waals surface area contributed by atoms with Crippen LogP contribution >= 0.6 is 34.7 Å². The minimum atomic E-state index is 0.0838. The van der Waals surface area contributed by atoms with E-state index < -0.39 is 0 Å². The monoisotopic (exact) mass is 480 g/mol. The molecule has 1 amide bonds. The predicted molar refractivity (Wildman–Crippen MR) is 138 cm³/mol. The molecule has 4 aromatic rings. The van der Waals surface area contributed by atoms with Crippen LogP contribution in [-0.4, -0.2) is 16.6 Å². The van der Waals surface area contributed by atoms with Gasteiger partial charge >= 0.3 is 0 Å². The lowest BCUT2D eigenvalue weighted by molar-refractivity contribution is -0.118.